The van der Waals surface area contributed by atoms with E-state index in [2.05, 4.69) is 24.3 Å². The second kappa shape index (κ2) is 6.04. The molecule has 1 saturated carbocycles. The molecule has 0 atom stereocenters. The maximum Gasteiger partial charge on any atom is 0.163 e. The maximum absolute atomic E-state index is 12.1. The van der Waals surface area contributed by atoms with Crippen LogP contribution in [-0.4, -0.2) is 5.78 Å². The highest BCUT2D eigenvalue weighted by Gasteiger charge is 2.19. The minimum absolute atomic E-state index is 0.236. The molecule has 1 fully saturated rings. The molecule has 1 aliphatic rings. The number of rotatable bonds is 5. The summed E-state index contributed by atoms with van der Waals surface area (Å²) in [5, 5.41) is 0. The Morgan fingerprint density at radius 1 is 1.00 bits per heavy atom. The maximum atomic E-state index is 12.1. The van der Waals surface area contributed by atoms with Crippen LogP contribution in [0.5, 0.6) is 0 Å². The Morgan fingerprint density at radius 2 is 1.80 bits per heavy atom. The summed E-state index contributed by atoms with van der Waals surface area (Å²) in [5.41, 5.74) is 3.57. The van der Waals surface area contributed by atoms with Gasteiger partial charge in [-0.3, -0.25) is 4.79 Å². The van der Waals surface area contributed by atoms with E-state index in [1.54, 1.807) is 0 Å². The summed E-state index contributed by atoms with van der Waals surface area (Å²) in [6.07, 6.45) is 5.45. The summed E-state index contributed by atoms with van der Waals surface area (Å²) in [6.45, 7) is 0. The summed E-state index contributed by atoms with van der Waals surface area (Å²) in [7, 11) is 0. The lowest BCUT2D eigenvalue weighted by molar-refractivity contribution is 0.0983. The fraction of sp³-hybridized carbons (Fsp3) is 0.316. The van der Waals surface area contributed by atoms with Gasteiger partial charge in [-0.2, -0.15) is 0 Å². The van der Waals surface area contributed by atoms with E-state index in [0.717, 1.165) is 17.9 Å². The van der Waals surface area contributed by atoms with E-state index in [-0.39, 0.29) is 5.78 Å². The minimum atomic E-state index is 0.236. The van der Waals surface area contributed by atoms with E-state index in [0.29, 0.717) is 6.42 Å². The molecule has 1 aliphatic carbocycles. The number of ketones is 1. The molecule has 20 heavy (non-hydrogen) atoms. The summed E-state index contributed by atoms with van der Waals surface area (Å²) in [6, 6.07) is 18.4. The van der Waals surface area contributed by atoms with Gasteiger partial charge in [0.05, 0.1) is 0 Å². The van der Waals surface area contributed by atoms with Crippen LogP contribution in [0.15, 0.2) is 54.6 Å². The van der Waals surface area contributed by atoms with Crippen molar-refractivity contribution >= 4 is 5.78 Å². The Hall–Kier alpha value is -1.89. The van der Waals surface area contributed by atoms with Gasteiger partial charge in [-0.1, -0.05) is 61.0 Å². The zero-order chi connectivity index (χ0) is 13.8. The topological polar surface area (TPSA) is 17.1 Å². The summed E-state index contributed by atoms with van der Waals surface area (Å²) < 4.78 is 0. The highest BCUT2D eigenvalue weighted by Crippen LogP contribution is 2.36. The molecule has 0 amide bonds. The van der Waals surface area contributed by atoms with Crippen molar-refractivity contribution in [3.8, 4) is 0 Å². The molecule has 0 aliphatic heterocycles. The predicted molar refractivity (Wildman–Crippen MR) is 82.1 cm³/mol. The van der Waals surface area contributed by atoms with Crippen LogP contribution in [0.3, 0.4) is 0 Å². The lowest BCUT2D eigenvalue weighted by atomic mass is 9.79. The predicted octanol–water partition coefficient (Wildman–Crippen LogP) is 4.77. The number of hydrogen-bond donors (Lipinski definition) is 0. The van der Waals surface area contributed by atoms with Crippen molar-refractivity contribution in [1.82, 2.24) is 0 Å². The molecular formula is C19H20O. The zero-order valence-corrected chi connectivity index (χ0v) is 11.7. The van der Waals surface area contributed by atoms with E-state index >= 15 is 0 Å². The number of carbonyl (C=O) groups is 1. The minimum Gasteiger partial charge on any atom is -0.294 e. The highest BCUT2D eigenvalue weighted by atomic mass is 16.1. The SMILES string of the molecule is O=C(CCc1cccc(C2CCC2)c1)c1ccccc1. The molecule has 2 aromatic carbocycles. The van der Waals surface area contributed by atoms with E-state index < -0.39 is 0 Å². The van der Waals surface area contributed by atoms with Gasteiger partial charge < -0.3 is 0 Å². The van der Waals surface area contributed by atoms with Crippen LogP contribution in [0, 0.1) is 0 Å². The Kier molecular flexibility index (Phi) is 3.96. The van der Waals surface area contributed by atoms with Crippen LogP contribution in [-0.2, 0) is 6.42 Å². The lowest BCUT2D eigenvalue weighted by Crippen LogP contribution is -2.09. The highest BCUT2D eigenvalue weighted by molar-refractivity contribution is 5.96. The average Bonchev–Trinajstić information content (AvgIpc) is 2.44. The van der Waals surface area contributed by atoms with Crippen LogP contribution in [0.4, 0.5) is 0 Å². The van der Waals surface area contributed by atoms with Gasteiger partial charge in [0.25, 0.3) is 0 Å². The van der Waals surface area contributed by atoms with Crippen molar-refractivity contribution < 1.29 is 4.79 Å². The summed E-state index contributed by atoms with van der Waals surface area (Å²) in [5.74, 6) is 0.999. The van der Waals surface area contributed by atoms with Gasteiger partial charge in [-0.15, -0.1) is 0 Å². The monoisotopic (exact) mass is 264 g/mol. The second-order valence-corrected chi connectivity index (χ2v) is 5.66. The number of benzene rings is 2. The first-order valence-electron chi connectivity index (χ1n) is 7.50. The summed E-state index contributed by atoms with van der Waals surface area (Å²) in [4.78, 5) is 12.1. The van der Waals surface area contributed by atoms with Gasteiger partial charge in [-0.05, 0) is 36.3 Å². The normalized spacial score (nSPS) is 14.8. The number of carbonyl (C=O) groups excluding carboxylic acids is 1. The standard InChI is InChI=1S/C19H20O/c20-19(17-7-2-1-3-8-17)13-12-15-6-4-11-18(14-15)16-9-5-10-16/h1-4,6-8,11,14,16H,5,9-10,12-13H2. The molecular weight excluding hydrogens is 244 g/mol. The van der Waals surface area contributed by atoms with Crippen LogP contribution in [0.25, 0.3) is 0 Å². The molecule has 0 aromatic heterocycles. The van der Waals surface area contributed by atoms with Crippen LogP contribution in [0.2, 0.25) is 0 Å². The van der Waals surface area contributed by atoms with Crippen molar-refractivity contribution in [2.75, 3.05) is 0 Å². The quantitative estimate of drug-likeness (QED) is 0.711. The van der Waals surface area contributed by atoms with Gasteiger partial charge in [0.2, 0.25) is 0 Å². The van der Waals surface area contributed by atoms with Gasteiger partial charge in [0.15, 0.2) is 5.78 Å². The molecule has 0 N–H and O–H groups in total. The van der Waals surface area contributed by atoms with Crippen molar-refractivity contribution in [1.29, 1.82) is 0 Å². The first-order valence-corrected chi connectivity index (χ1v) is 7.50. The van der Waals surface area contributed by atoms with Gasteiger partial charge in [0, 0.05) is 12.0 Å². The molecule has 0 saturated heterocycles. The fourth-order valence-electron chi connectivity index (χ4n) is 2.77. The van der Waals surface area contributed by atoms with Crippen molar-refractivity contribution in [2.45, 2.75) is 38.0 Å². The van der Waals surface area contributed by atoms with E-state index in [4.69, 9.17) is 0 Å². The van der Waals surface area contributed by atoms with Crippen LogP contribution < -0.4 is 0 Å². The van der Waals surface area contributed by atoms with Crippen molar-refractivity contribution in [2.24, 2.45) is 0 Å². The Bertz CT molecular complexity index is 582. The molecule has 1 nitrogen and oxygen atoms in total. The third-order valence-electron chi connectivity index (χ3n) is 4.26. The van der Waals surface area contributed by atoms with Crippen LogP contribution in [0.1, 0.15) is 53.1 Å². The average molecular weight is 264 g/mol. The Balaban J connectivity index is 1.62. The molecule has 0 bridgehead atoms. The molecule has 0 heterocycles. The first kappa shape index (κ1) is 13.1. The second-order valence-electron chi connectivity index (χ2n) is 5.66. The van der Waals surface area contributed by atoms with Gasteiger partial charge in [0.1, 0.15) is 0 Å². The van der Waals surface area contributed by atoms with E-state index in [9.17, 15) is 4.79 Å². The summed E-state index contributed by atoms with van der Waals surface area (Å²) >= 11 is 0. The molecule has 102 valence electrons. The lowest BCUT2D eigenvalue weighted by Gasteiger charge is -2.26. The third-order valence-corrected chi connectivity index (χ3v) is 4.26. The zero-order valence-electron chi connectivity index (χ0n) is 11.7. The Morgan fingerprint density at radius 3 is 2.50 bits per heavy atom. The van der Waals surface area contributed by atoms with Crippen LogP contribution >= 0.6 is 0 Å². The fourth-order valence-corrected chi connectivity index (χ4v) is 2.77. The number of hydrogen-bond acceptors (Lipinski definition) is 1. The smallest absolute Gasteiger partial charge is 0.163 e. The molecule has 2 aromatic rings. The number of aryl methyl sites for hydroxylation is 1. The molecule has 3 rings (SSSR count). The van der Waals surface area contributed by atoms with Crippen molar-refractivity contribution in [3.63, 3.8) is 0 Å². The molecule has 0 unspecified atom stereocenters. The largest absolute Gasteiger partial charge is 0.294 e. The van der Waals surface area contributed by atoms with Crippen molar-refractivity contribution in [3.05, 3.63) is 71.3 Å². The first-order chi connectivity index (χ1) is 9.83. The molecule has 0 radical (unpaired) electrons. The Labute approximate surface area is 120 Å². The van der Waals surface area contributed by atoms with Gasteiger partial charge in [-0.25, -0.2) is 0 Å². The third kappa shape index (κ3) is 2.98. The molecule has 1 heteroatoms. The van der Waals surface area contributed by atoms with Gasteiger partial charge >= 0.3 is 0 Å². The van der Waals surface area contributed by atoms with E-state index in [1.807, 2.05) is 30.3 Å². The van der Waals surface area contributed by atoms with E-state index in [1.165, 1.54) is 30.4 Å². The molecule has 0 spiro atoms. The number of Topliss-reactive ketones (excluding diaryl/α,β-unsaturated/α-hetero) is 1.